The van der Waals surface area contributed by atoms with E-state index in [9.17, 15) is 13.2 Å². The molecule has 0 aliphatic rings. The van der Waals surface area contributed by atoms with E-state index in [-0.39, 0.29) is 10.9 Å². The molecule has 25 heavy (non-hydrogen) atoms. The molecule has 0 unspecified atom stereocenters. The van der Waals surface area contributed by atoms with Crippen molar-refractivity contribution in [3.63, 3.8) is 0 Å². The fourth-order valence-electron chi connectivity index (χ4n) is 2.22. The first-order valence-corrected chi connectivity index (χ1v) is 9.42. The number of nitrogens with one attached hydrogen (secondary N) is 2. The number of urea groups is 1. The van der Waals surface area contributed by atoms with Crippen molar-refractivity contribution in [2.75, 3.05) is 19.4 Å². The number of carbonyl (C=O) groups is 1. The van der Waals surface area contributed by atoms with Gasteiger partial charge in [0.25, 0.3) is 0 Å². The van der Waals surface area contributed by atoms with Crippen molar-refractivity contribution >= 4 is 21.7 Å². The molecular weight excluding hydrogens is 338 g/mol. The van der Waals surface area contributed by atoms with Crippen molar-refractivity contribution in [3.8, 4) is 0 Å². The van der Waals surface area contributed by atoms with E-state index in [0.717, 1.165) is 27.5 Å². The fourth-order valence-corrected chi connectivity index (χ4v) is 3.12. The number of aryl methyl sites for hydroxylation is 1. The highest BCUT2D eigenvalue weighted by molar-refractivity contribution is 7.89. The average molecular weight is 361 g/mol. The Hall–Kier alpha value is -2.38. The van der Waals surface area contributed by atoms with Crippen LogP contribution in [-0.4, -0.2) is 32.8 Å². The van der Waals surface area contributed by atoms with Gasteiger partial charge in [-0.25, -0.2) is 17.5 Å². The van der Waals surface area contributed by atoms with E-state index in [0.29, 0.717) is 6.54 Å². The highest BCUT2D eigenvalue weighted by Gasteiger charge is 2.16. The molecule has 0 aromatic heterocycles. The van der Waals surface area contributed by atoms with Gasteiger partial charge in [0.15, 0.2) is 0 Å². The second-order valence-corrected chi connectivity index (χ2v) is 7.94. The molecule has 2 aromatic carbocycles. The lowest BCUT2D eigenvalue weighted by atomic mass is 10.1. The largest absolute Gasteiger partial charge is 0.334 e. The summed E-state index contributed by atoms with van der Waals surface area (Å²) in [4.78, 5) is 12.2. The number of nitrogens with zero attached hydrogens (tertiary/aromatic N) is 1. The lowest BCUT2D eigenvalue weighted by Crippen LogP contribution is -2.28. The molecule has 6 nitrogen and oxygen atoms in total. The molecule has 2 rings (SSSR count). The second-order valence-electron chi connectivity index (χ2n) is 5.79. The number of hydrogen-bond donors (Lipinski definition) is 2. The number of sulfonamides is 1. The predicted molar refractivity (Wildman–Crippen MR) is 99.0 cm³/mol. The Morgan fingerprint density at radius 1 is 1.04 bits per heavy atom. The van der Waals surface area contributed by atoms with Crippen LogP contribution in [0.5, 0.6) is 0 Å². The summed E-state index contributed by atoms with van der Waals surface area (Å²) in [7, 11) is -0.461. The Kier molecular flexibility index (Phi) is 6.17. The third-order valence-electron chi connectivity index (χ3n) is 3.75. The van der Waals surface area contributed by atoms with E-state index >= 15 is 0 Å². The van der Waals surface area contributed by atoms with E-state index in [4.69, 9.17) is 0 Å². The molecule has 0 fully saturated rings. The van der Waals surface area contributed by atoms with E-state index in [1.807, 2.05) is 24.3 Å². The van der Waals surface area contributed by atoms with E-state index in [1.165, 1.54) is 26.2 Å². The lowest BCUT2D eigenvalue weighted by molar-refractivity contribution is 0.251. The summed E-state index contributed by atoms with van der Waals surface area (Å²) in [5, 5.41) is 5.54. The molecule has 2 N–H and O–H groups in total. The molecule has 2 amide bonds. The number of amides is 2. The van der Waals surface area contributed by atoms with Gasteiger partial charge in [0, 0.05) is 26.3 Å². The minimum absolute atomic E-state index is 0.224. The zero-order chi connectivity index (χ0) is 18.4. The van der Waals surface area contributed by atoms with Crippen LogP contribution in [0.25, 0.3) is 0 Å². The molecule has 0 aliphatic carbocycles. The molecular formula is C18H23N3O3S. The van der Waals surface area contributed by atoms with Gasteiger partial charge in [-0.3, -0.25) is 0 Å². The number of anilines is 1. The maximum atomic E-state index is 12.0. The van der Waals surface area contributed by atoms with Crippen LogP contribution in [0, 0.1) is 0 Å². The van der Waals surface area contributed by atoms with Crippen molar-refractivity contribution in [3.05, 3.63) is 59.7 Å². The minimum atomic E-state index is -3.44. The van der Waals surface area contributed by atoms with Crippen molar-refractivity contribution in [2.45, 2.75) is 24.8 Å². The summed E-state index contributed by atoms with van der Waals surface area (Å²) in [6, 6.07) is 13.8. The molecule has 0 bridgehead atoms. The molecule has 7 heteroatoms. The van der Waals surface area contributed by atoms with Gasteiger partial charge in [-0.05, 0) is 41.8 Å². The fraction of sp³-hybridized carbons (Fsp3) is 0.278. The molecule has 0 spiro atoms. The van der Waals surface area contributed by atoms with Gasteiger partial charge in [0.1, 0.15) is 0 Å². The number of benzene rings is 2. The van der Waals surface area contributed by atoms with Crippen LogP contribution >= 0.6 is 0 Å². The van der Waals surface area contributed by atoms with Gasteiger partial charge < -0.3 is 10.6 Å². The maximum Gasteiger partial charge on any atom is 0.319 e. The summed E-state index contributed by atoms with van der Waals surface area (Å²) >= 11 is 0. The Labute approximate surface area is 148 Å². The topological polar surface area (TPSA) is 78.5 Å². The monoisotopic (exact) mass is 361 g/mol. The molecule has 0 atom stereocenters. The zero-order valence-corrected chi connectivity index (χ0v) is 15.4. The summed E-state index contributed by atoms with van der Waals surface area (Å²) < 4.78 is 25.2. The summed E-state index contributed by atoms with van der Waals surface area (Å²) in [5.74, 6) is 0. The predicted octanol–water partition coefficient (Wildman–Crippen LogP) is 2.82. The van der Waals surface area contributed by atoms with Gasteiger partial charge in [-0.15, -0.1) is 0 Å². The summed E-state index contributed by atoms with van der Waals surface area (Å²) in [5.41, 5.74) is 2.70. The Bertz CT molecular complexity index is 831. The third-order valence-corrected chi connectivity index (χ3v) is 5.58. The van der Waals surface area contributed by atoms with Gasteiger partial charge in [0.2, 0.25) is 10.0 Å². The normalized spacial score (nSPS) is 11.4. The highest BCUT2D eigenvalue weighted by Crippen LogP contribution is 2.14. The quantitative estimate of drug-likeness (QED) is 0.830. The van der Waals surface area contributed by atoms with Crippen molar-refractivity contribution in [1.82, 2.24) is 9.62 Å². The Balaban J connectivity index is 1.93. The first-order chi connectivity index (χ1) is 11.8. The highest BCUT2D eigenvalue weighted by atomic mass is 32.2. The first kappa shape index (κ1) is 19.0. The SMILES string of the molecule is CCc1cccc(NC(=O)NCc2ccc(S(=O)(=O)N(C)C)cc2)c1. The van der Waals surface area contributed by atoms with Crippen molar-refractivity contribution in [1.29, 1.82) is 0 Å². The smallest absolute Gasteiger partial charge is 0.319 e. The standard InChI is InChI=1S/C18H23N3O3S/c1-4-14-6-5-7-16(12-14)20-18(22)19-13-15-8-10-17(11-9-15)25(23,24)21(2)3/h5-12H,4,13H2,1-3H3,(H2,19,20,22). The molecule has 0 saturated heterocycles. The van der Waals surface area contributed by atoms with E-state index in [1.54, 1.807) is 12.1 Å². The molecule has 134 valence electrons. The van der Waals surface area contributed by atoms with Crippen LogP contribution in [0.2, 0.25) is 0 Å². The molecule has 0 aliphatic heterocycles. The van der Waals surface area contributed by atoms with Crippen LogP contribution < -0.4 is 10.6 Å². The molecule has 0 heterocycles. The number of rotatable bonds is 6. The van der Waals surface area contributed by atoms with Crippen LogP contribution in [0.3, 0.4) is 0 Å². The number of carbonyl (C=O) groups excluding carboxylic acids is 1. The first-order valence-electron chi connectivity index (χ1n) is 7.98. The van der Waals surface area contributed by atoms with Gasteiger partial charge in [-0.1, -0.05) is 31.2 Å². The van der Waals surface area contributed by atoms with Crippen LogP contribution in [0.4, 0.5) is 10.5 Å². The summed E-state index contributed by atoms with van der Waals surface area (Å²) in [6.07, 6.45) is 0.902. The second kappa shape index (κ2) is 8.13. The molecule has 0 saturated carbocycles. The van der Waals surface area contributed by atoms with Gasteiger partial charge in [0.05, 0.1) is 4.90 Å². The average Bonchev–Trinajstić information content (AvgIpc) is 2.60. The van der Waals surface area contributed by atoms with Crippen molar-refractivity contribution < 1.29 is 13.2 Å². The van der Waals surface area contributed by atoms with Gasteiger partial charge >= 0.3 is 6.03 Å². The number of hydrogen-bond acceptors (Lipinski definition) is 3. The molecule has 2 aromatic rings. The third kappa shape index (κ3) is 5.04. The minimum Gasteiger partial charge on any atom is -0.334 e. The van der Waals surface area contributed by atoms with Crippen molar-refractivity contribution in [2.24, 2.45) is 0 Å². The zero-order valence-electron chi connectivity index (χ0n) is 14.6. The van der Waals surface area contributed by atoms with Crippen LogP contribution in [-0.2, 0) is 23.0 Å². The van der Waals surface area contributed by atoms with Gasteiger partial charge in [-0.2, -0.15) is 0 Å². The summed E-state index contributed by atoms with van der Waals surface area (Å²) in [6.45, 7) is 2.36. The maximum absolute atomic E-state index is 12.0. The Morgan fingerprint density at radius 2 is 1.72 bits per heavy atom. The Morgan fingerprint density at radius 3 is 2.32 bits per heavy atom. The van der Waals surface area contributed by atoms with E-state index < -0.39 is 10.0 Å². The van der Waals surface area contributed by atoms with Crippen LogP contribution in [0.1, 0.15) is 18.1 Å². The van der Waals surface area contributed by atoms with E-state index in [2.05, 4.69) is 17.6 Å². The molecule has 0 radical (unpaired) electrons. The lowest BCUT2D eigenvalue weighted by Gasteiger charge is -2.12. The van der Waals surface area contributed by atoms with Crippen LogP contribution in [0.15, 0.2) is 53.4 Å².